The van der Waals surface area contributed by atoms with E-state index in [-0.39, 0.29) is 5.78 Å². The second-order valence-corrected chi connectivity index (χ2v) is 15.3. The Bertz CT molecular complexity index is 855. The molecule has 2 aliphatic carbocycles. The lowest BCUT2D eigenvalue weighted by molar-refractivity contribution is -0.113. The predicted octanol–water partition coefficient (Wildman–Crippen LogP) is 3.84. The molecule has 23 heavy (non-hydrogen) atoms. The summed E-state index contributed by atoms with van der Waals surface area (Å²) in [6.07, 6.45) is 2.19. The van der Waals surface area contributed by atoms with Crippen LogP contribution in [0.25, 0.3) is 11.6 Å². The van der Waals surface area contributed by atoms with Crippen LogP contribution in [0, 0.1) is 0 Å². The third-order valence-corrected chi connectivity index (χ3v) is 8.97. The van der Waals surface area contributed by atoms with Crippen molar-refractivity contribution in [2.75, 3.05) is 7.11 Å². The molecule has 3 aliphatic rings. The normalized spacial score (nSPS) is 25.1. The minimum Gasteiger partial charge on any atom is -0.541 e. The number of ketones is 1. The van der Waals surface area contributed by atoms with E-state index in [9.17, 15) is 4.79 Å². The van der Waals surface area contributed by atoms with Gasteiger partial charge in [-0.3, -0.25) is 4.79 Å². The third-order valence-electron chi connectivity index (χ3n) is 4.69. The highest BCUT2D eigenvalue weighted by atomic mass is 28.4. The highest BCUT2D eigenvalue weighted by molar-refractivity contribution is 7.03. The molecule has 1 atom stereocenters. The third kappa shape index (κ3) is 1.93. The van der Waals surface area contributed by atoms with Crippen LogP contribution in [0.3, 0.4) is 0 Å². The van der Waals surface area contributed by atoms with E-state index in [0.29, 0.717) is 5.76 Å². The van der Waals surface area contributed by atoms with E-state index in [1.54, 1.807) is 7.11 Å². The molecule has 1 aromatic rings. The van der Waals surface area contributed by atoms with Gasteiger partial charge in [0.05, 0.1) is 0 Å². The smallest absolute Gasteiger partial charge is 0.256 e. The molecule has 1 aromatic carbocycles. The lowest BCUT2D eigenvalue weighted by Gasteiger charge is -2.24. The summed E-state index contributed by atoms with van der Waals surface area (Å²) in [6.45, 7) is 8.44. The summed E-state index contributed by atoms with van der Waals surface area (Å²) in [5, 5.41) is 2.06. The maximum Gasteiger partial charge on any atom is 0.256 e. The summed E-state index contributed by atoms with van der Waals surface area (Å²) in [5.41, 5.74) is 4.41. The van der Waals surface area contributed by atoms with Crippen molar-refractivity contribution in [3.05, 3.63) is 57.1 Å². The first-order valence-electron chi connectivity index (χ1n) is 7.88. The molecule has 0 aromatic heterocycles. The zero-order chi connectivity index (χ0) is 16.6. The van der Waals surface area contributed by atoms with Crippen LogP contribution in [-0.2, 0) is 13.6 Å². The number of carbonyl (C=O) groups is 1. The van der Waals surface area contributed by atoms with E-state index < -0.39 is 16.6 Å². The van der Waals surface area contributed by atoms with Crippen LogP contribution in [-0.4, -0.2) is 29.5 Å². The van der Waals surface area contributed by atoms with Crippen molar-refractivity contribution in [2.24, 2.45) is 0 Å². The van der Waals surface area contributed by atoms with Gasteiger partial charge in [-0.05, 0) is 54.2 Å². The van der Waals surface area contributed by atoms with Gasteiger partial charge in [0.25, 0.3) is 8.32 Å². The highest BCUT2D eigenvalue weighted by Gasteiger charge is 2.62. The summed E-state index contributed by atoms with van der Waals surface area (Å²) < 4.78 is 12.0. The van der Waals surface area contributed by atoms with Crippen LogP contribution in [0.1, 0.15) is 11.1 Å². The summed E-state index contributed by atoms with van der Waals surface area (Å²) in [4.78, 5) is 13.1. The van der Waals surface area contributed by atoms with Crippen molar-refractivity contribution < 1.29 is 13.6 Å². The Morgan fingerprint density at radius 3 is 2.43 bits per heavy atom. The summed E-state index contributed by atoms with van der Waals surface area (Å²) in [7, 11) is -2.34. The molecule has 0 radical (unpaired) electrons. The minimum absolute atomic E-state index is 0.0577. The van der Waals surface area contributed by atoms with Crippen LogP contribution in [0.15, 0.2) is 46.0 Å². The summed E-state index contributed by atoms with van der Waals surface area (Å²) >= 11 is 0. The number of fused-ring (bicyclic) bond motifs is 4. The number of carbonyl (C=O) groups excluding carboxylic acids is 1. The van der Waals surface area contributed by atoms with E-state index in [2.05, 4.69) is 44.4 Å². The lowest BCUT2D eigenvalue weighted by atomic mass is 9.96. The van der Waals surface area contributed by atoms with E-state index in [1.807, 2.05) is 12.1 Å². The van der Waals surface area contributed by atoms with Gasteiger partial charge in [-0.15, -0.1) is 0 Å². The van der Waals surface area contributed by atoms with E-state index in [1.165, 1.54) is 5.20 Å². The molecule has 1 heterocycles. The van der Waals surface area contributed by atoms with E-state index in [4.69, 9.17) is 8.85 Å². The molecule has 3 nitrogen and oxygen atoms in total. The molecule has 1 aliphatic heterocycles. The van der Waals surface area contributed by atoms with Crippen molar-refractivity contribution in [3.8, 4) is 0 Å². The van der Waals surface area contributed by atoms with Crippen LogP contribution < -0.4 is 0 Å². The number of hydrogen-bond acceptors (Lipinski definition) is 3. The van der Waals surface area contributed by atoms with Gasteiger partial charge in [-0.25, -0.2) is 0 Å². The van der Waals surface area contributed by atoms with Crippen LogP contribution >= 0.6 is 0 Å². The van der Waals surface area contributed by atoms with Crippen molar-refractivity contribution in [1.29, 1.82) is 0 Å². The van der Waals surface area contributed by atoms with Gasteiger partial charge in [0, 0.05) is 17.9 Å². The van der Waals surface area contributed by atoms with Crippen LogP contribution in [0.2, 0.25) is 26.2 Å². The largest absolute Gasteiger partial charge is 0.541 e. The first-order chi connectivity index (χ1) is 10.8. The molecule has 0 N–H and O–H groups in total. The van der Waals surface area contributed by atoms with Gasteiger partial charge >= 0.3 is 0 Å². The Balaban J connectivity index is 1.94. The molecule has 4 rings (SSSR count). The monoisotopic (exact) mass is 340 g/mol. The first kappa shape index (κ1) is 14.9. The maximum absolute atomic E-state index is 13.1. The molecule has 0 bridgehead atoms. The SMILES string of the molecule is CO[Si]1(C)C2=C1C1=Cc3ccccc3C1=C(O[Si](C)(C)C)C2=O. The highest BCUT2D eigenvalue weighted by Crippen LogP contribution is 2.58. The second-order valence-electron chi connectivity index (χ2n) is 7.38. The topological polar surface area (TPSA) is 35.5 Å². The van der Waals surface area contributed by atoms with Gasteiger partial charge in [0.2, 0.25) is 14.1 Å². The fourth-order valence-electron chi connectivity index (χ4n) is 3.58. The number of allylic oxidation sites excluding steroid dienone is 4. The number of rotatable bonds is 3. The Kier molecular flexibility index (Phi) is 2.87. The van der Waals surface area contributed by atoms with Crippen LogP contribution in [0.5, 0.6) is 0 Å². The number of benzene rings is 1. The standard InChI is InChI=1S/C18H20O3Si2/c1-20-23(5)17-13-10-11-8-6-7-9-12(11)14(13)16(15(19)18(17)23)21-22(2,3)4/h6-10H,1-5H3. The molecule has 118 valence electrons. The van der Waals surface area contributed by atoms with Crippen molar-refractivity contribution in [1.82, 2.24) is 0 Å². The van der Waals surface area contributed by atoms with Gasteiger partial charge in [0.15, 0.2) is 5.76 Å². The zero-order valence-corrected chi connectivity index (χ0v) is 16.1. The summed E-state index contributed by atoms with van der Waals surface area (Å²) in [6, 6.07) is 8.22. The van der Waals surface area contributed by atoms with Gasteiger partial charge in [-0.2, -0.15) is 0 Å². The van der Waals surface area contributed by atoms with Gasteiger partial charge < -0.3 is 8.85 Å². The number of hydrogen-bond donors (Lipinski definition) is 0. The Morgan fingerprint density at radius 2 is 1.78 bits per heavy atom. The molecule has 5 heteroatoms. The Hall–Kier alpha value is -1.70. The molecule has 0 saturated carbocycles. The molecule has 0 fully saturated rings. The average molecular weight is 341 g/mol. The molecule has 0 amide bonds. The van der Waals surface area contributed by atoms with Crippen molar-refractivity contribution >= 4 is 34.1 Å². The zero-order valence-electron chi connectivity index (χ0n) is 14.1. The molecule has 0 spiro atoms. The second kappa shape index (κ2) is 4.43. The molecular formula is C18H20O3Si2. The van der Waals surface area contributed by atoms with Gasteiger partial charge in [0.1, 0.15) is 0 Å². The Labute approximate surface area is 138 Å². The average Bonchev–Trinajstić information content (AvgIpc) is 2.93. The molecule has 0 saturated heterocycles. The van der Waals surface area contributed by atoms with Crippen molar-refractivity contribution in [3.63, 3.8) is 0 Å². The number of Topliss-reactive ketones (excluding diaryl/α,β-unsaturated/α-hetero) is 1. The fraction of sp³-hybridized carbons (Fsp3) is 0.278. The van der Waals surface area contributed by atoms with E-state index >= 15 is 0 Å². The Morgan fingerprint density at radius 1 is 1.09 bits per heavy atom. The predicted molar refractivity (Wildman–Crippen MR) is 96.4 cm³/mol. The molecular weight excluding hydrogens is 320 g/mol. The maximum atomic E-state index is 13.1. The van der Waals surface area contributed by atoms with Crippen LogP contribution in [0.4, 0.5) is 0 Å². The summed E-state index contributed by atoms with van der Waals surface area (Å²) in [5.74, 6) is 0.606. The quantitative estimate of drug-likeness (QED) is 0.784. The first-order valence-corrected chi connectivity index (χ1v) is 13.7. The fourth-order valence-corrected chi connectivity index (χ4v) is 7.54. The van der Waals surface area contributed by atoms with E-state index in [0.717, 1.165) is 27.5 Å². The van der Waals surface area contributed by atoms with Crippen molar-refractivity contribution in [2.45, 2.75) is 26.2 Å². The molecule has 1 unspecified atom stereocenters. The van der Waals surface area contributed by atoms with Gasteiger partial charge in [-0.1, -0.05) is 24.3 Å². The lowest BCUT2D eigenvalue weighted by Crippen LogP contribution is -2.29. The minimum atomic E-state index is -2.17.